The van der Waals surface area contributed by atoms with E-state index in [0.29, 0.717) is 22.3 Å². The van der Waals surface area contributed by atoms with Gasteiger partial charge in [-0.2, -0.15) is 4.98 Å². The van der Waals surface area contributed by atoms with Gasteiger partial charge in [-0.25, -0.2) is 9.78 Å². The molecule has 0 aliphatic carbocycles. The van der Waals surface area contributed by atoms with Crippen LogP contribution in [0.1, 0.15) is 24.0 Å². The second kappa shape index (κ2) is 13.8. The van der Waals surface area contributed by atoms with E-state index in [1.165, 1.54) is 36.5 Å². The van der Waals surface area contributed by atoms with E-state index >= 15 is 0 Å². The molecule has 0 spiro atoms. The van der Waals surface area contributed by atoms with Crippen molar-refractivity contribution < 1.29 is 14.6 Å². The fourth-order valence-electron chi connectivity index (χ4n) is 5.81. The third-order valence-electron chi connectivity index (χ3n) is 8.37. The number of benzene rings is 2. The average Bonchev–Trinajstić information content (AvgIpc) is 3.00. The first-order valence-corrected chi connectivity index (χ1v) is 15.5. The number of amides is 1. The number of halogens is 1. The Labute approximate surface area is 262 Å². The molecule has 0 atom stereocenters. The lowest BCUT2D eigenvalue weighted by atomic mass is 10.0. The van der Waals surface area contributed by atoms with E-state index in [-0.39, 0.29) is 6.54 Å². The predicted molar refractivity (Wildman–Crippen MR) is 174 cm³/mol. The first kappa shape index (κ1) is 30.8. The smallest absolute Gasteiger partial charge is 0.407 e. The number of carbonyl (C=O) groups is 1. The van der Waals surface area contributed by atoms with Gasteiger partial charge < -0.3 is 35.2 Å². The van der Waals surface area contributed by atoms with Crippen LogP contribution in [0.15, 0.2) is 47.1 Å². The Morgan fingerprint density at radius 3 is 2.51 bits per heavy atom. The van der Waals surface area contributed by atoms with Crippen LogP contribution in [0.3, 0.4) is 0 Å². The summed E-state index contributed by atoms with van der Waals surface area (Å²) in [7, 11) is 5.43. The molecular weight excluding hydrogens is 612 g/mol. The van der Waals surface area contributed by atoms with Crippen LogP contribution in [-0.2, 0) is 6.54 Å². The quantitative estimate of drug-likeness (QED) is 0.279. The van der Waals surface area contributed by atoms with Gasteiger partial charge in [0, 0.05) is 76.0 Å². The fourth-order valence-corrected chi connectivity index (χ4v) is 6.10. The van der Waals surface area contributed by atoms with E-state index in [4.69, 9.17) is 9.72 Å². The molecular formula is C31H41BrN8O3. The number of rotatable bonds is 9. The second-order valence-corrected chi connectivity index (χ2v) is 12.2. The topological polar surface area (TPSA) is 109 Å². The molecule has 2 saturated heterocycles. The van der Waals surface area contributed by atoms with Crippen LogP contribution in [0.25, 0.3) is 0 Å². The van der Waals surface area contributed by atoms with Crippen LogP contribution in [0, 0.1) is 6.92 Å². The Hall–Kier alpha value is -3.61. The van der Waals surface area contributed by atoms with E-state index in [2.05, 4.69) is 72.4 Å². The van der Waals surface area contributed by atoms with Gasteiger partial charge in [0.25, 0.3) is 0 Å². The van der Waals surface area contributed by atoms with Gasteiger partial charge in [-0.1, -0.05) is 18.2 Å². The monoisotopic (exact) mass is 652 g/mol. The summed E-state index contributed by atoms with van der Waals surface area (Å²) < 4.78 is 6.50. The molecule has 3 aromatic rings. The van der Waals surface area contributed by atoms with Crippen LogP contribution in [0.4, 0.5) is 33.6 Å². The number of piperidine rings is 1. The Balaban J connectivity index is 1.29. The Morgan fingerprint density at radius 2 is 1.81 bits per heavy atom. The number of likely N-dealkylation sites (N-methyl/N-ethyl adjacent to an activating group) is 1. The Morgan fingerprint density at radius 1 is 1.09 bits per heavy atom. The summed E-state index contributed by atoms with van der Waals surface area (Å²) in [5, 5.41) is 16.0. The zero-order chi connectivity index (χ0) is 30.5. The van der Waals surface area contributed by atoms with Gasteiger partial charge in [0.1, 0.15) is 11.6 Å². The average molecular weight is 654 g/mol. The highest BCUT2D eigenvalue weighted by atomic mass is 79.9. The molecule has 230 valence electrons. The van der Waals surface area contributed by atoms with Crippen LogP contribution in [0.5, 0.6) is 5.75 Å². The van der Waals surface area contributed by atoms with Crippen molar-refractivity contribution in [3.05, 3.63) is 58.2 Å². The molecule has 2 aliphatic rings. The summed E-state index contributed by atoms with van der Waals surface area (Å²) >= 11 is 3.54. The molecule has 0 saturated carbocycles. The molecule has 0 radical (unpaired) electrons. The molecule has 5 rings (SSSR count). The number of hydrogen-bond acceptors (Lipinski definition) is 9. The zero-order valence-corrected chi connectivity index (χ0v) is 26.9. The maximum absolute atomic E-state index is 11.4. The summed E-state index contributed by atoms with van der Waals surface area (Å²) in [6, 6.07) is 12.4. The molecule has 2 aliphatic heterocycles. The number of anilines is 5. The van der Waals surface area contributed by atoms with Gasteiger partial charge in [-0.05, 0) is 66.0 Å². The van der Waals surface area contributed by atoms with Crippen LogP contribution >= 0.6 is 15.9 Å². The number of piperazine rings is 1. The van der Waals surface area contributed by atoms with Crippen molar-refractivity contribution in [3.8, 4) is 5.75 Å². The van der Waals surface area contributed by atoms with Crippen molar-refractivity contribution >= 4 is 50.9 Å². The molecule has 43 heavy (non-hydrogen) atoms. The van der Waals surface area contributed by atoms with Gasteiger partial charge in [-0.15, -0.1) is 0 Å². The summed E-state index contributed by atoms with van der Waals surface area (Å²) in [6.07, 6.45) is 3.03. The van der Waals surface area contributed by atoms with Crippen molar-refractivity contribution in [3.63, 3.8) is 0 Å². The SMILES string of the molecule is COc1cc(N2CCC(N3CCN(C)CC3)CC2)c(C)cc1Nc1ncc(Br)c(Nc2ccccc2CN(C)C(=O)O)n1. The molecule has 1 aromatic heterocycles. The van der Waals surface area contributed by atoms with Crippen LogP contribution < -0.4 is 20.3 Å². The summed E-state index contributed by atoms with van der Waals surface area (Å²) in [5.74, 6) is 1.69. The van der Waals surface area contributed by atoms with Gasteiger partial charge in [0.05, 0.1) is 23.8 Å². The molecule has 1 amide bonds. The van der Waals surface area contributed by atoms with E-state index < -0.39 is 6.09 Å². The summed E-state index contributed by atoms with van der Waals surface area (Å²) in [6.45, 7) is 9.07. The van der Waals surface area contributed by atoms with Crippen molar-refractivity contribution in [1.82, 2.24) is 24.7 Å². The number of methoxy groups -OCH3 is 1. The van der Waals surface area contributed by atoms with Gasteiger partial charge in [0.2, 0.25) is 5.95 Å². The first-order chi connectivity index (χ1) is 20.7. The fraction of sp³-hybridized carbons (Fsp3) is 0.452. The normalized spacial score (nSPS) is 16.6. The molecule has 3 N–H and O–H groups in total. The van der Waals surface area contributed by atoms with E-state index in [9.17, 15) is 9.90 Å². The third-order valence-corrected chi connectivity index (χ3v) is 8.95. The number of aryl methyl sites for hydroxylation is 1. The zero-order valence-electron chi connectivity index (χ0n) is 25.3. The Bertz CT molecular complexity index is 1420. The minimum absolute atomic E-state index is 0.239. The number of hydrogen-bond donors (Lipinski definition) is 3. The molecule has 0 unspecified atom stereocenters. The van der Waals surface area contributed by atoms with Gasteiger partial charge in [-0.3, -0.25) is 4.90 Å². The third kappa shape index (κ3) is 7.49. The number of nitrogens with one attached hydrogen (secondary N) is 2. The number of para-hydroxylation sites is 1. The van der Waals surface area contributed by atoms with Gasteiger partial charge in [0.15, 0.2) is 0 Å². The number of nitrogens with zero attached hydrogens (tertiary/aromatic N) is 6. The highest BCUT2D eigenvalue weighted by Gasteiger charge is 2.27. The van der Waals surface area contributed by atoms with Gasteiger partial charge >= 0.3 is 6.09 Å². The number of ether oxygens (including phenoxy) is 1. The lowest BCUT2D eigenvalue weighted by Crippen LogP contribution is -2.52. The standard InChI is InChI=1S/C31H41BrN8O3/c1-21-17-26(28(43-4)18-27(21)40-11-9-23(10-12-40)39-15-13-37(2)14-16-39)35-30-33-19-24(32)29(36-30)34-25-8-6-5-7-22(25)20-38(3)31(41)42/h5-8,17-19,23H,9-16,20H2,1-4H3,(H,41,42)(H2,33,34,35,36). The molecule has 12 heteroatoms. The molecule has 2 fully saturated rings. The summed E-state index contributed by atoms with van der Waals surface area (Å²) in [4.78, 5) is 29.3. The molecule has 2 aromatic carbocycles. The highest BCUT2D eigenvalue weighted by Crippen LogP contribution is 2.36. The van der Waals surface area contributed by atoms with E-state index in [0.717, 1.165) is 54.4 Å². The minimum atomic E-state index is -0.991. The first-order valence-electron chi connectivity index (χ1n) is 14.7. The van der Waals surface area contributed by atoms with Crippen molar-refractivity contribution in [1.29, 1.82) is 0 Å². The largest absolute Gasteiger partial charge is 0.494 e. The summed E-state index contributed by atoms with van der Waals surface area (Å²) in [5.41, 5.74) is 4.73. The van der Waals surface area contributed by atoms with Crippen molar-refractivity contribution in [2.24, 2.45) is 0 Å². The maximum atomic E-state index is 11.4. The number of aromatic nitrogens is 2. The lowest BCUT2D eigenvalue weighted by Gasteiger charge is -2.43. The second-order valence-electron chi connectivity index (χ2n) is 11.3. The maximum Gasteiger partial charge on any atom is 0.407 e. The molecule has 3 heterocycles. The van der Waals surface area contributed by atoms with Crippen molar-refractivity contribution in [2.75, 3.05) is 76.0 Å². The number of carboxylic acid groups (broad SMARTS) is 1. The van der Waals surface area contributed by atoms with E-state index in [1.54, 1.807) is 20.4 Å². The minimum Gasteiger partial charge on any atom is -0.494 e. The predicted octanol–water partition coefficient (Wildman–Crippen LogP) is 5.37. The molecule has 11 nitrogen and oxygen atoms in total. The Kier molecular flexibility index (Phi) is 9.89. The van der Waals surface area contributed by atoms with E-state index in [1.807, 2.05) is 24.3 Å². The molecule has 0 bridgehead atoms. The van der Waals surface area contributed by atoms with Crippen molar-refractivity contribution in [2.45, 2.75) is 32.4 Å². The highest BCUT2D eigenvalue weighted by molar-refractivity contribution is 9.10. The van der Waals surface area contributed by atoms with Crippen LogP contribution in [-0.4, -0.2) is 102 Å². The lowest BCUT2D eigenvalue weighted by molar-refractivity contribution is 0.0982. The van der Waals surface area contributed by atoms with Crippen LogP contribution in [0.2, 0.25) is 0 Å².